The van der Waals surface area contributed by atoms with Gasteiger partial charge in [0.05, 0.1) is 0 Å². The van der Waals surface area contributed by atoms with Crippen LogP contribution < -0.4 is 5.73 Å². The largest absolute Gasteiger partial charge is 0.339 e. The third-order valence-corrected chi connectivity index (χ3v) is 3.26. The number of nitrogens with two attached hydrogens (primary N) is 1. The van der Waals surface area contributed by atoms with E-state index >= 15 is 0 Å². The van der Waals surface area contributed by atoms with Crippen molar-refractivity contribution in [2.24, 2.45) is 11.7 Å². The molecule has 1 aliphatic rings. The van der Waals surface area contributed by atoms with Crippen molar-refractivity contribution in [2.75, 3.05) is 13.1 Å². The van der Waals surface area contributed by atoms with Gasteiger partial charge in [-0.3, -0.25) is 9.48 Å². The summed E-state index contributed by atoms with van der Waals surface area (Å²) in [6.45, 7) is 5.36. The SMILES string of the molecule is CC1CN(C(=O)C(C)n2cccn2)CC1N. The Morgan fingerprint density at radius 1 is 1.56 bits per heavy atom. The molecular weight excluding hydrogens is 204 g/mol. The average molecular weight is 222 g/mol. The summed E-state index contributed by atoms with van der Waals surface area (Å²) >= 11 is 0. The topological polar surface area (TPSA) is 64.2 Å². The highest BCUT2D eigenvalue weighted by Crippen LogP contribution is 2.18. The Kier molecular flexibility index (Phi) is 2.96. The molecular formula is C11H18N4O. The van der Waals surface area contributed by atoms with Crippen molar-refractivity contribution in [1.82, 2.24) is 14.7 Å². The normalized spacial score (nSPS) is 27.1. The van der Waals surface area contributed by atoms with Gasteiger partial charge in [-0.1, -0.05) is 6.92 Å². The fourth-order valence-electron chi connectivity index (χ4n) is 2.06. The summed E-state index contributed by atoms with van der Waals surface area (Å²) in [7, 11) is 0. The van der Waals surface area contributed by atoms with E-state index in [0.29, 0.717) is 12.5 Å². The van der Waals surface area contributed by atoms with Crippen molar-refractivity contribution in [3.63, 3.8) is 0 Å². The summed E-state index contributed by atoms with van der Waals surface area (Å²) < 4.78 is 1.68. The highest BCUT2D eigenvalue weighted by atomic mass is 16.2. The third kappa shape index (κ3) is 1.95. The lowest BCUT2D eigenvalue weighted by atomic mass is 10.1. The van der Waals surface area contributed by atoms with E-state index < -0.39 is 0 Å². The number of carbonyl (C=O) groups excluding carboxylic acids is 1. The minimum atomic E-state index is -0.243. The lowest BCUT2D eigenvalue weighted by Gasteiger charge is -2.20. The lowest BCUT2D eigenvalue weighted by molar-refractivity contribution is -0.133. The first-order chi connectivity index (χ1) is 7.59. The molecule has 16 heavy (non-hydrogen) atoms. The first-order valence-corrected chi connectivity index (χ1v) is 5.63. The Bertz CT molecular complexity index is 352. The number of hydrogen-bond acceptors (Lipinski definition) is 3. The van der Waals surface area contributed by atoms with Gasteiger partial charge in [0.1, 0.15) is 6.04 Å². The number of aromatic nitrogens is 2. The van der Waals surface area contributed by atoms with E-state index in [0.717, 1.165) is 6.54 Å². The fraction of sp³-hybridized carbons (Fsp3) is 0.636. The molecule has 2 N–H and O–H groups in total. The van der Waals surface area contributed by atoms with E-state index in [1.165, 1.54) is 0 Å². The van der Waals surface area contributed by atoms with Gasteiger partial charge in [0.2, 0.25) is 5.91 Å². The summed E-state index contributed by atoms with van der Waals surface area (Å²) in [5.74, 6) is 0.484. The molecule has 1 fully saturated rings. The molecule has 1 saturated heterocycles. The van der Waals surface area contributed by atoms with Crippen LogP contribution in [0.3, 0.4) is 0 Å². The monoisotopic (exact) mass is 222 g/mol. The molecule has 0 aliphatic carbocycles. The Morgan fingerprint density at radius 3 is 2.81 bits per heavy atom. The van der Waals surface area contributed by atoms with Crippen molar-refractivity contribution in [3.05, 3.63) is 18.5 Å². The molecule has 5 heteroatoms. The zero-order chi connectivity index (χ0) is 11.7. The molecule has 0 bridgehead atoms. The molecule has 2 heterocycles. The molecule has 3 atom stereocenters. The molecule has 5 nitrogen and oxygen atoms in total. The fourth-order valence-corrected chi connectivity index (χ4v) is 2.06. The van der Waals surface area contributed by atoms with Crippen LogP contribution in [-0.2, 0) is 4.79 Å². The highest BCUT2D eigenvalue weighted by Gasteiger charge is 2.32. The summed E-state index contributed by atoms with van der Waals surface area (Å²) in [6.07, 6.45) is 3.49. The third-order valence-electron chi connectivity index (χ3n) is 3.26. The zero-order valence-corrected chi connectivity index (χ0v) is 9.71. The van der Waals surface area contributed by atoms with Crippen molar-refractivity contribution < 1.29 is 4.79 Å². The molecule has 0 aromatic carbocycles. The quantitative estimate of drug-likeness (QED) is 0.780. The van der Waals surface area contributed by atoms with Gasteiger partial charge in [0.15, 0.2) is 0 Å². The predicted octanol–water partition coefficient (Wildman–Crippen LogP) is 0.250. The van der Waals surface area contributed by atoms with Gasteiger partial charge in [-0.05, 0) is 18.9 Å². The van der Waals surface area contributed by atoms with Crippen LogP contribution in [-0.4, -0.2) is 39.7 Å². The van der Waals surface area contributed by atoms with Crippen LogP contribution in [0.15, 0.2) is 18.5 Å². The lowest BCUT2D eigenvalue weighted by Crippen LogP contribution is -2.36. The second-order valence-electron chi connectivity index (χ2n) is 4.55. The number of likely N-dealkylation sites (tertiary alicyclic amines) is 1. The molecule has 1 amide bonds. The van der Waals surface area contributed by atoms with Crippen molar-refractivity contribution in [1.29, 1.82) is 0 Å². The second kappa shape index (κ2) is 4.25. The standard InChI is InChI=1S/C11H18N4O/c1-8-6-14(7-10(8)12)11(16)9(2)15-5-3-4-13-15/h3-5,8-10H,6-7,12H2,1-2H3. The van der Waals surface area contributed by atoms with Crippen LogP contribution in [0.5, 0.6) is 0 Å². The maximum Gasteiger partial charge on any atom is 0.247 e. The Balaban J connectivity index is 2.03. The summed E-state index contributed by atoms with van der Waals surface area (Å²) in [4.78, 5) is 14.0. The Labute approximate surface area is 95.2 Å². The van der Waals surface area contributed by atoms with E-state index in [1.54, 1.807) is 10.9 Å². The summed E-state index contributed by atoms with van der Waals surface area (Å²) in [5.41, 5.74) is 5.91. The predicted molar refractivity (Wildman–Crippen MR) is 60.7 cm³/mol. The molecule has 1 aromatic rings. The number of carbonyl (C=O) groups is 1. The number of nitrogens with zero attached hydrogens (tertiary/aromatic N) is 3. The molecule has 3 unspecified atom stereocenters. The smallest absolute Gasteiger partial charge is 0.247 e. The number of hydrogen-bond donors (Lipinski definition) is 1. The minimum absolute atomic E-state index is 0.100. The van der Waals surface area contributed by atoms with Crippen molar-refractivity contribution >= 4 is 5.91 Å². The van der Waals surface area contributed by atoms with Crippen LogP contribution in [0.2, 0.25) is 0 Å². The van der Waals surface area contributed by atoms with Crippen molar-refractivity contribution in [3.8, 4) is 0 Å². The molecule has 0 saturated carbocycles. The molecule has 88 valence electrons. The number of rotatable bonds is 2. The Morgan fingerprint density at radius 2 is 2.31 bits per heavy atom. The maximum absolute atomic E-state index is 12.1. The van der Waals surface area contributed by atoms with Gasteiger partial charge in [0.25, 0.3) is 0 Å². The first-order valence-electron chi connectivity index (χ1n) is 5.63. The summed E-state index contributed by atoms with van der Waals surface area (Å²) in [6, 6.07) is 1.68. The van der Waals surface area contributed by atoms with Gasteiger partial charge < -0.3 is 10.6 Å². The van der Waals surface area contributed by atoms with Gasteiger partial charge in [-0.2, -0.15) is 5.10 Å². The van der Waals surface area contributed by atoms with E-state index in [9.17, 15) is 4.79 Å². The highest BCUT2D eigenvalue weighted by molar-refractivity contribution is 5.80. The van der Waals surface area contributed by atoms with Gasteiger partial charge in [-0.25, -0.2) is 0 Å². The van der Waals surface area contributed by atoms with Gasteiger partial charge >= 0.3 is 0 Å². The average Bonchev–Trinajstić information content (AvgIpc) is 2.87. The molecule has 0 radical (unpaired) electrons. The van der Waals surface area contributed by atoms with Crippen molar-refractivity contribution in [2.45, 2.75) is 25.9 Å². The molecule has 0 spiro atoms. The maximum atomic E-state index is 12.1. The van der Waals surface area contributed by atoms with Gasteiger partial charge in [0, 0.05) is 31.5 Å². The minimum Gasteiger partial charge on any atom is -0.339 e. The number of amides is 1. The van der Waals surface area contributed by atoms with E-state index in [2.05, 4.69) is 12.0 Å². The van der Waals surface area contributed by atoms with E-state index in [-0.39, 0.29) is 18.0 Å². The summed E-state index contributed by atoms with van der Waals surface area (Å²) in [5, 5.41) is 4.08. The van der Waals surface area contributed by atoms with Crippen LogP contribution >= 0.6 is 0 Å². The van der Waals surface area contributed by atoms with Crippen LogP contribution in [0.25, 0.3) is 0 Å². The Hall–Kier alpha value is -1.36. The molecule has 1 aromatic heterocycles. The zero-order valence-electron chi connectivity index (χ0n) is 9.71. The van der Waals surface area contributed by atoms with Crippen LogP contribution in [0, 0.1) is 5.92 Å². The van der Waals surface area contributed by atoms with Crippen LogP contribution in [0.1, 0.15) is 19.9 Å². The van der Waals surface area contributed by atoms with E-state index in [1.807, 2.05) is 24.1 Å². The van der Waals surface area contributed by atoms with E-state index in [4.69, 9.17) is 5.73 Å². The second-order valence-corrected chi connectivity index (χ2v) is 4.55. The van der Waals surface area contributed by atoms with Crippen LogP contribution in [0.4, 0.5) is 0 Å². The van der Waals surface area contributed by atoms with Gasteiger partial charge in [-0.15, -0.1) is 0 Å². The molecule has 1 aliphatic heterocycles. The molecule has 2 rings (SSSR count). The first kappa shape index (κ1) is 11.1.